The molecule has 0 radical (unpaired) electrons. The van der Waals surface area contributed by atoms with E-state index in [1.807, 2.05) is 13.8 Å². The van der Waals surface area contributed by atoms with Crippen LogP contribution in [0.5, 0.6) is 0 Å². The van der Waals surface area contributed by atoms with Crippen LogP contribution in [0.2, 0.25) is 0 Å². The summed E-state index contributed by atoms with van der Waals surface area (Å²) in [4.78, 5) is 4.47. The molecule has 0 aromatic carbocycles. The molecule has 1 aromatic rings. The Kier molecular flexibility index (Phi) is 4.23. The first kappa shape index (κ1) is 14.4. The van der Waals surface area contributed by atoms with E-state index < -0.39 is 5.60 Å². The molecule has 6 heteroatoms. The molecule has 2 N–H and O–H groups in total. The van der Waals surface area contributed by atoms with Gasteiger partial charge in [0.2, 0.25) is 11.7 Å². The minimum Gasteiger partial charge on any atom is -0.381 e. The molecular weight excluding hydrogens is 246 g/mol. The van der Waals surface area contributed by atoms with Crippen molar-refractivity contribution in [1.82, 2.24) is 10.1 Å². The van der Waals surface area contributed by atoms with E-state index in [2.05, 4.69) is 10.1 Å². The Labute approximate surface area is 113 Å². The number of aryl methyl sites for hydroxylation is 1. The predicted molar refractivity (Wildman–Crippen MR) is 69.6 cm³/mol. The zero-order chi connectivity index (χ0) is 13.9. The first-order valence-corrected chi connectivity index (χ1v) is 6.70. The van der Waals surface area contributed by atoms with Gasteiger partial charge in [-0.05, 0) is 20.3 Å². The van der Waals surface area contributed by atoms with Crippen molar-refractivity contribution in [3.05, 3.63) is 11.7 Å². The van der Waals surface area contributed by atoms with E-state index in [1.54, 1.807) is 7.11 Å². The Morgan fingerprint density at radius 2 is 2.05 bits per heavy atom. The molecule has 6 nitrogen and oxygen atoms in total. The minimum atomic E-state index is -0.460. The quantitative estimate of drug-likeness (QED) is 0.869. The Morgan fingerprint density at radius 1 is 1.37 bits per heavy atom. The van der Waals surface area contributed by atoms with Crippen LogP contribution in [0.4, 0.5) is 0 Å². The van der Waals surface area contributed by atoms with Crippen molar-refractivity contribution in [3.8, 4) is 0 Å². The number of methoxy groups -OCH3 is 1. The molecule has 1 fully saturated rings. The van der Waals surface area contributed by atoms with Crippen LogP contribution in [-0.4, -0.2) is 36.0 Å². The van der Waals surface area contributed by atoms with Crippen molar-refractivity contribution in [2.45, 2.75) is 50.7 Å². The number of ether oxygens (including phenoxy) is 2. The van der Waals surface area contributed by atoms with Crippen molar-refractivity contribution in [1.29, 1.82) is 0 Å². The summed E-state index contributed by atoms with van der Waals surface area (Å²) in [6.07, 6.45) is 3.00. The van der Waals surface area contributed by atoms with Gasteiger partial charge in [0.1, 0.15) is 5.60 Å². The van der Waals surface area contributed by atoms with Gasteiger partial charge >= 0.3 is 0 Å². The summed E-state index contributed by atoms with van der Waals surface area (Å²) in [6, 6.07) is 0. The second kappa shape index (κ2) is 5.56. The average molecular weight is 269 g/mol. The summed E-state index contributed by atoms with van der Waals surface area (Å²) < 4.78 is 16.3. The van der Waals surface area contributed by atoms with Crippen molar-refractivity contribution in [2.75, 3.05) is 20.3 Å². The number of nitrogens with zero attached hydrogens (tertiary/aromatic N) is 2. The summed E-state index contributed by atoms with van der Waals surface area (Å²) in [5, 5.41) is 4.08. The van der Waals surface area contributed by atoms with Gasteiger partial charge in [-0.3, -0.25) is 0 Å². The lowest BCUT2D eigenvalue weighted by molar-refractivity contribution is -0.101. The number of nitrogens with two attached hydrogens (primary N) is 1. The molecule has 0 saturated carbocycles. The van der Waals surface area contributed by atoms with Gasteiger partial charge in [0.15, 0.2) is 0 Å². The molecule has 0 bridgehead atoms. The summed E-state index contributed by atoms with van der Waals surface area (Å²) in [5.74, 6) is 1.25. The Morgan fingerprint density at radius 3 is 2.63 bits per heavy atom. The van der Waals surface area contributed by atoms with Gasteiger partial charge in [0.05, 0.1) is 0 Å². The lowest BCUT2D eigenvalue weighted by Gasteiger charge is -2.32. The van der Waals surface area contributed by atoms with Gasteiger partial charge in [-0.1, -0.05) is 5.16 Å². The maximum atomic E-state index is 5.95. The number of rotatable bonds is 5. The van der Waals surface area contributed by atoms with E-state index in [0.717, 1.165) is 19.3 Å². The predicted octanol–water partition coefficient (Wildman–Crippen LogP) is 1.39. The fourth-order valence-corrected chi connectivity index (χ4v) is 2.19. The van der Waals surface area contributed by atoms with Crippen LogP contribution in [0.15, 0.2) is 4.52 Å². The maximum absolute atomic E-state index is 5.95. The van der Waals surface area contributed by atoms with Crippen LogP contribution in [-0.2, 0) is 21.5 Å². The average Bonchev–Trinajstić information content (AvgIpc) is 2.86. The first-order valence-electron chi connectivity index (χ1n) is 6.70. The smallest absolute Gasteiger partial charge is 0.226 e. The maximum Gasteiger partial charge on any atom is 0.226 e. The summed E-state index contributed by atoms with van der Waals surface area (Å²) >= 11 is 0. The van der Waals surface area contributed by atoms with Crippen LogP contribution < -0.4 is 5.73 Å². The Hall–Kier alpha value is -0.980. The molecule has 0 atom stereocenters. The second-order valence-corrected chi connectivity index (χ2v) is 5.81. The highest BCUT2D eigenvalue weighted by Crippen LogP contribution is 2.33. The molecule has 0 spiro atoms. The van der Waals surface area contributed by atoms with Crippen LogP contribution in [0.1, 0.15) is 44.8 Å². The van der Waals surface area contributed by atoms with Crippen LogP contribution >= 0.6 is 0 Å². The number of hydrogen-bond donors (Lipinski definition) is 1. The molecule has 0 amide bonds. The fourth-order valence-electron chi connectivity index (χ4n) is 2.19. The SMILES string of the molecule is COC1(c2noc(CCC(C)(C)N)n2)CCOCC1. The van der Waals surface area contributed by atoms with Crippen LogP contribution in [0.3, 0.4) is 0 Å². The highest BCUT2D eigenvalue weighted by Gasteiger charge is 2.39. The normalized spacial score (nSPS) is 19.6. The first-order chi connectivity index (χ1) is 8.95. The summed E-state index contributed by atoms with van der Waals surface area (Å²) in [6.45, 7) is 5.29. The summed E-state index contributed by atoms with van der Waals surface area (Å²) in [7, 11) is 1.68. The van der Waals surface area contributed by atoms with Crippen LogP contribution in [0.25, 0.3) is 0 Å². The molecule has 1 aliphatic heterocycles. The minimum absolute atomic E-state index is 0.230. The fraction of sp³-hybridized carbons (Fsp3) is 0.846. The van der Waals surface area contributed by atoms with Gasteiger partial charge in [-0.25, -0.2) is 0 Å². The molecule has 108 valence electrons. The third-order valence-corrected chi connectivity index (χ3v) is 3.55. The Bertz CT molecular complexity index is 406. The third kappa shape index (κ3) is 3.52. The zero-order valence-electron chi connectivity index (χ0n) is 11.9. The van der Waals surface area contributed by atoms with Crippen LogP contribution in [0, 0.1) is 0 Å². The second-order valence-electron chi connectivity index (χ2n) is 5.81. The van der Waals surface area contributed by atoms with Crippen molar-refractivity contribution < 1.29 is 14.0 Å². The molecule has 19 heavy (non-hydrogen) atoms. The van der Waals surface area contributed by atoms with E-state index in [9.17, 15) is 0 Å². The molecule has 1 aliphatic rings. The molecule has 0 unspecified atom stereocenters. The molecule has 2 rings (SSSR count). The molecular formula is C13H23N3O3. The van der Waals surface area contributed by atoms with E-state index in [0.29, 0.717) is 31.3 Å². The monoisotopic (exact) mass is 269 g/mol. The highest BCUT2D eigenvalue weighted by atomic mass is 16.5. The lowest BCUT2D eigenvalue weighted by Crippen LogP contribution is -2.36. The standard InChI is InChI=1S/C13H23N3O3/c1-12(2,14)5-4-10-15-11(16-19-10)13(17-3)6-8-18-9-7-13/h4-9,14H2,1-3H3. The Balaban J connectivity index is 2.06. The van der Waals surface area contributed by atoms with E-state index in [4.69, 9.17) is 19.7 Å². The van der Waals surface area contributed by atoms with Gasteiger partial charge in [0, 0.05) is 45.1 Å². The molecule has 1 saturated heterocycles. The van der Waals surface area contributed by atoms with Gasteiger partial charge < -0.3 is 19.7 Å². The van der Waals surface area contributed by atoms with E-state index >= 15 is 0 Å². The van der Waals surface area contributed by atoms with E-state index in [1.165, 1.54) is 0 Å². The summed E-state index contributed by atoms with van der Waals surface area (Å²) in [5.41, 5.74) is 5.26. The van der Waals surface area contributed by atoms with Gasteiger partial charge in [-0.2, -0.15) is 4.98 Å². The topological polar surface area (TPSA) is 83.4 Å². The molecule has 0 aliphatic carbocycles. The highest BCUT2D eigenvalue weighted by molar-refractivity contribution is 5.03. The zero-order valence-corrected chi connectivity index (χ0v) is 11.9. The van der Waals surface area contributed by atoms with Gasteiger partial charge in [0.25, 0.3) is 0 Å². The lowest BCUT2D eigenvalue weighted by atomic mass is 9.93. The number of aromatic nitrogens is 2. The third-order valence-electron chi connectivity index (χ3n) is 3.55. The van der Waals surface area contributed by atoms with Crippen molar-refractivity contribution >= 4 is 0 Å². The molecule has 2 heterocycles. The largest absolute Gasteiger partial charge is 0.381 e. The van der Waals surface area contributed by atoms with Crippen molar-refractivity contribution in [3.63, 3.8) is 0 Å². The van der Waals surface area contributed by atoms with E-state index in [-0.39, 0.29) is 5.54 Å². The number of hydrogen-bond acceptors (Lipinski definition) is 6. The molecule has 1 aromatic heterocycles. The van der Waals surface area contributed by atoms with Gasteiger partial charge in [-0.15, -0.1) is 0 Å². The van der Waals surface area contributed by atoms with Crippen molar-refractivity contribution in [2.24, 2.45) is 5.73 Å².